The van der Waals surface area contributed by atoms with Crippen molar-refractivity contribution < 1.29 is 13.9 Å². The highest BCUT2D eigenvalue weighted by Crippen LogP contribution is 2.30. The number of H-pyrrole nitrogens is 2. The van der Waals surface area contributed by atoms with E-state index in [0.717, 1.165) is 0 Å². The fourth-order valence-corrected chi connectivity index (χ4v) is 2.36. The lowest BCUT2D eigenvalue weighted by Crippen LogP contribution is -2.37. The molecule has 9 heteroatoms. The second-order valence-corrected chi connectivity index (χ2v) is 5.02. The van der Waals surface area contributed by atoms with Gasteiger partial charge in [0.1, 0.15) is 17.6 Å². The number of rotatable bonds is 5. The van der Waals surface area contributed by atoms with Crippen LogP contribution in [0.5, 0.6) is 5.75 Å². The fraction of sp³-hybridized carbons (Fsp3) is 0.125. The molecule has 0 aliphatic carbocycles. The van der Waals surface area contributed by atoms with Gasteiger partial charge in [-0.1, -0.05) is 18.2 Å². The van der Waals surface area contributed by atoms with Gasteiger partial charge in [-0.15, -0.1) is 0 Å². The maximum Gasteiger partial charge on any atom is 0.342 e. The molecule has 3 rings (SSSR count). The van der Waals surface area contributed by atoms with E-state index in [0.29, 0.717) is 17.1 Å². The van der Waals surface area contributed by atoms with Crippen LogP contribution in [-0.4, -0.2) is 28.2 Å². The van der Waals surface area contributed by atoms with Gasteiger partial charge in [0.05, 0.1) is 13.4 Å². The molecule has 2 heterocycles. The van der Waals surface area contributed by atoms with Crippen LogP contribution in [0.25, 0.3) is 0 Å². The van der Waals surface area contributed by atoms with Crippen LogP contribution in [0.3, 0.4) is 0 Å². The van der Waals surface area contributed by atoms with Crippen LogP contribution < -0.4 is 21.3 Å². The summed E-state index contributed by atoms with van der Waals surface area (Å²) in [7, 11) is 1.51. The van der Waals surface area contributed by atoms with Crippen molar-refractivity contribution in [2.24, 2.45) is 0 Å². The summed E-state index contributed by atoms with van der Waals surface area (Å²) in [4.78, 5) is 37.2. The Morgan fingerprint density at radius 2 is 2.04 bits per heavy atom. The van der Waals surface area contributed by atoms with Gasteiger partial charge in [-0.3, -0.25) is 14.6 Å². The minimum Gasteiger partial charge on any atom is -0.496 e. The first kappa shape index (κ1) is 16.2. The standard InChI is InChI=1S/C16H14N4O5/c1-24-10-6-3-2-5-9(10)12(11-7-4-8-25-11)17-14(21)13-15(22)18-16(23)20-19-13/h2-8,12H,1H3,(H,17,21)(H2,18,20,22,23). The lowest BCUT2D eigenvalue weighted by atomic mass is 10.0. The zero-order valence-corrected chi connectivity index (χ0v) is 13.1. The van der Waals surface area contributed by atoms with Crippen molar-refractivity contribution in [1.82, 2.24) is 20.5 Å². The molecule has 1 amide bonds. The molecule has 0 aliphatic rings. The smallest absolute Gasteiger partial charge is 0.342 e. The van der Waals surface area contributed by atoms with E-state index in [4.69, 9.17) is 9.15 Å². The fourth-order valence-electron chi connectivity index (χ4n) is 2.36. The number of carbonyl (C=O) groups is 1. The Labute approximate surface area is 140 Å². The average molecular weight is 342 g/mol. The number of hydrogen-bond acceptors (Lipinski definition) is 6. The maximum absolute atomic E-state index is 12.5. The number of amides is 1. The zero-order valence-electron chi connectivity index (χ0n) is 13.1. The molecule has 9 nitrogen and oxygen atoms in total. The van der Waals surface area contributed by atoms with Crippen molar-refractivity contribution in [1.29, 1.82) is 0 Å². The molecule has 2 aromatic heterocycles. The van der Waals surface area contributed by atoms with Crippen molar-refractivity contribution in [2.45, 2.75) is 6.04 Å². The Kier molecular flexibility index (Phi) is 4.46. The summed E-state index contributed by atoms with van der Waals surface area (Å²) in [6.07, 6.45) is 1.47. The van der Waals surface area contributed by atoms with E-state index in [1.54, 1.807) is 36.4 Å². The van der Waals surface area contributed by atoms with Gasteiger partial charge in [0.15, 0.2) is 0 Å². The first-order chi connectivity index (χ1) is 12.1. The summed E-state index contributed by atoms with van der Waals surface area (Å²) in [5.41, 5.74) is -1.52. The number of para-hydroxylation sites is 1. The zero-order chi connectivity index (χ0) is 17.8. The first-order valence-corrected chi connectivity index (χ1v) is 7.26. The van der Waals surface area contributed by atoms with Crippen molar-refractivity contribution >= 4 is 5.91 Å². The van der Waals surface area contributed by atoms with Gasteiger partial charge in [-0.2, -0.15) is 5.10 Å². The van der Waals surface area contributed by atoms with Crippen molar-refractivity contribution in [3.63, 3.8) is 0 Å². The minimum atomic E-state index is -0.889. The maximum atomic E-state index is 12.5. The lowest BCUT2D eigenvalue weighted by molar-refractivity contribution is 0.0930. The monoisotopic (exact) mass is 342 g/mol. The molecule has 128 valence electrons. The number of hydrogen-bond donors (Lipinski definition) is 3. The summed E-state index contributed by atoms with van der Waals surface area (Å²) >= 11 is 0. The number of aromatic nitrogens is 3. The summed E-state index contributed by atoms with van der Waals surface area (Å²) in [5, 5.41) is 8.18. The molecular weight excluding hydrogens is 328 g/mol. The third kappa shape index (κ3) is 3.34. The van der Waals surface area contributed by atoms with Gasteiger partial charge >= 0.3 is 5.69 Å². The van der Waals surface area contributed by atoms with Gasteiger partial charge in [0, 0.05) is 5.56 Å². The molecule has 0 spiro atoms. The van der Waals surface area contributed by atoms with E-state index in [2.05, 4.69) is 10.4 Å². The molecular formula is C16H14N4O5. The number of nitrogens with zero attached hydrogens (tertiary/aromatic N) is 1. The number of ether oxygens (including phenoxy) is 1. The van der Waals surface area contributed by atoms with Crippen LogP contribution in [-0.2, 0) is 0 Å². The largest absolute Gasteiger partial charge is 0.496 e. The molecule has 1 atom stereocenters. The molecule has 25 heavy (non-hydrogen) atoms. The Hall–Kier alpha value is -3.62. The number of carbonyl (C=O) groups excluding carboxylic acids is 1. The molecule has 0 saturated carbocycles. The summed E-state index contributed by atoms with van der Waals surface area (Å²) in [6.45, 7) is 0. The Morgan fingerprint density at radius 1 is 1.24 bits per heavy atom. The van der Waals surface area contributed by atoms with Gasteiger partial charge in [0.2, 0.25) is 5.69 Å². The lowest BCUT2D eigenvalue weighted by Gasteiger charge is -2.19. The molecule has 3 N–H and O–H groups in total. The van der Waals surface area contributed by atoms with E-state index in [-0.39, 0.29) is 0 Å². The molecule has 0 saturated heterocycles. The van der Waals surface area contributed by atoms with E-state index in [9.17, 15) is 14.4 Å². The Bertz CT molecular complexity index is 990. The number of methoxy groups -OCH3 is 1. The number of aromatic amines is 2. The van der Waals surface area contributed by atoms with Crippen molar-refractivity contribution in [3.8, 4) is 5.75 Å². The highest BCUT2D eigenvalue weighted by molar-refractivity contribution is 5.92. The van der Waals surface area contributed by atoms with E-state index in [1.807, 2.05) is 10.1 Å². The van der Waals surface area contributed by atoms with Crippen LogP contribution in [0.1, 0.15) is 27.9 Å². The molecule has 0 radical (unpaired) electrons. The quantitative estimate of drug-likeness (QED) is 0.622. The van der Waals surface area contributed by atoms with Crippen LogP contribution in [0.4, 0.5) is 0 Å². The first-order valence-electron chi connectivity index (χ1n) is 7.26. The normalized spacial score (nSPS) is 11.7. The van der Waals surface area contributed by atoms with Crippen molar-refractivity contribution in [3.05, 3.63) is 80.5 Å². The van der Waals surface area contributed by atoms with Crippen molar-refractivity contribution in [2.75, 3.05) is 7.11 Å². The van der Waals surface area contributed by atoms with Crippen LogP contribution in [0, 0.1) is 0 Å². The topological polar surface area (TPSA) is 130 Å². The van der Waals surface area contributed by atoms with Gasteiger partial charge in [0.25, 0.3) is 11.5 Å². The summed E-state index contributed by atoms with van der Waals surface area (Å²) in [6, 6.07) is 9.71. The van der Waals surface area contributed by atoms with Gasteiger partial charge in [-0.25, -0.2) is 9.89 Å². The Balaban J connectivity index is 2.00. The molecule has 0 aliphatic heterocycles. The minimum absolute atomic E-state index is 0.443. The van der Waals surface area contributed by atoms with Gasteiger partial charge in [-0.05, 0) is 18.2 Å². The predicted octanol–water partition coefficient (Wildman–Crippen LogP) is 0.579. The summed E-state index contributed by atoms with van der Waals surface area (Å²) < 4.78 is 10.7. The number of benzene rings is 1. The van der Waals surface area contributed by atoms with Crippen LogP contribution in [0.15, 0.2) is 56.7 Å². The SMILES string of the molecule is COc1ccccc1C(NC(=O)c1n[nH]c(=O)[nH]c1=O)c1ccco1. The van der Waals surface area contributed by atoms with Crippen LogP contribution >= 0.6 is 0 Å². The van der Waals surface area contributed by atoms with E-state index < -0.39 is 28.9 Å². The number of furan rings is 1. The molecule has 0 bridgehead atoms. The van der Waals surface area contributed by atoms with E-state index in [1.165, 1.54) is 13.4 Å². The highest BCUT2D eigenvalue weighted by Gasteiger charge is 2.25. The Morgan fingerprint density at radius 3 is 2.72 bits per heavy atom. The highest BCUT2D eigenvalue weighted by atomic mass is 16.5. The number of nitrogens with one attached hydrogen (secondary N) is 3. The third-order valence-electron chi connectivity index (χ3n) is 3.48. The van der Waals surface area contributed by atoms with E-state index >= 15 is 0 Å². The predicted molar refractivity (Wildman–Crippen MR) is 86.5 cm³/mol. The average Bonchev–Trinajstić information content (AvgIpc) is 3.13. The molecule has 3 aromatic rings. The van der Waals surface area contributed by atoms with Crippen LogP contribution in [0.2, 0.25) is 0 Å². The second kappa shape index (κ2) is 6.87. The second-order valence-electron chi connectivity index (χ2n) is 5.02. The third-order valence-corrected chi connectivity index (χ3v) is 3.48. The molecule has 0 fully saturated rings. The summed E-state index contributed by atoms with van der Waals surface area (Å²) in [5.74, 6) is 0.205. The van der Waals surface area contributed by atoms with Gasteiger partial charge < -0.3 is 14.5 Å². The molecule has 1 unspecified atom stereocenters. The molecule has 1 aromatic carbocycles.